The second-order valence-electron chi connectivity index (χ2n) is 7.24. The maximum Gasteiger partial charge on any atom is 0.410 e. The van der Waals surface area contributed by atoms with E-state index in [1.54, 1.807) is 16.0 Å². The lowest BCUT2D eigenvalue weighted by molar-refractivity contribution is -0.117. The number of carbonyl (C=O) groups is 2. The summed E-state index contributed by atoms with van der Waals surface area (Å²) >= 11 is 4.26. The van der Waals surface area contributed by atoms with Gasteiger partial charge < -0.3 is 4.74 Å². The highest BCUT2D eigenvalue weighted by Gasteiger charge is 2.33. The molecule has 0 aliphatic carbocycles. The molecule has 3 rings (SSSR count). The van der Waals surface area contributed by atoms with Crippen LogP contribution in [0.15, 0.2) is 6.20 Å². The van der Waals surface area contributed by atoms with E-state index in [9.17, 15) is 9.59 Å². The third kappa shape index (κ3) is 3.48. The molecule has 2 aliphatic rings. The van der Waals surface area contributed by atoms with Crippen molar-refractivity contribution >= 4 is 30.6 Å². The zero-order chi connectivity index (χ0) is 17.5. The monoisotopic (exact) mass is 350 g/mol. The van der Waals surface area contributed by atoms with Gasteiger partial charge in [0.1, 0.15) is 5.60 Å². The first-order valence-corrected chi connectivity index (χ1v) is 8.64. The lowest BCUT2D eigenvalue weighted by Gasteiger charge is -2.23. The number of thiol groups is 1. The number of hydrogen-bond donors (Lipinski definition) is 1. The van der Waals surface area contributed by atoms with Crippen molar-refractivity contribution in [3.63, 3.8) is 0 Å². The van der Waals surface area contributed by atoms with Crippen LogP contribution in [0.5, 0.6) is 0 Å². The number of ether oxygens (including phenoxy) is 1. The quantitative estimate of drug-likeness (QED) is 0.826. The Hall–Kier alpha value is -1.83. The van der Waals surface area contributed by atoms with Crippen molar-refractivity contribution in [2.75, 3.05) is 17.2 Å². The fourth-order valence-electron chi connectivity index (χ4n) is 2.83. The van der Waals surface area contributed by atoms with Crippen LogP contribution in [0.3, 0.4) is 0 Å². The van der Waals surface area contributed by atoms with Gasteiger partial charge in [-0.25, -0.2) is 14.8 Å². The minimum absolute atomic E-state index is 0.0241. The fourth-order valence-corrected chi connectivity index (χ4v) is 3.07. The first kappa shape index (κ1) is 17.0. The van der Waals surface area contributed by atoms with Crippen molar-refractivity contribution in [2.45, 2.75) is 45.9 Å². The summed E-state index contributed by atoms with van der Waals surface area (Å²) in [6, 6.07) is 0. The van der Waals surface area contributed by atoms with Gasteiger partial charge in [0.2, 0.25) is 11.9 Å². The van der Waals surface area contributed by atoms with E-state index in [1.807, 2.05) is 20.8 Å². The summed E-state index contributed by atoms with van der Waals surface area (Å²) in [7, 11) is 0. The number of fused-ring (bicyclic) bond motifs is 1. The van der Waals surface area contributed by atoms with Crippen molar-refractivity contribution < 1.29 is 14.3 Å². The molecule has 0 spiro atoms. The molecule has 0 aromatic carbocycles. The molecule has 3 heterocycles. The van der Waals surface area contributed by atoms with Gasteiger partial charge in [-0.1, -0.05) is 0 Å². The summed E-state index contributed by atoms with van der Waals surface area (Å²) in [6.07, 6.45) is 1.81. The molecule has 7 nitrogen and oxygen atoms in total. The van der Waals surface area contributed by atoms with Crippen LogP contribution in [0.2, 0.25) is 0 Å². The average molecular weight is 350 g/mol. The Morgan fingerprint density at radius 3 is 2.79 bits per heavy atom. The predicted octanol–water partition coefficient (Wildman–Crippen LogP) is 2.01. The minimum Gasteiger partial charge on any atom is -0.444 e. The topological polar surface area (TPSA) is 75.6 Å². The molecule has 2 amide bonds. The largest absolute Gasteiger partial charge is 0.444 e. The zero-order valence-corrected chi connectivity index (χ0v) is 15.0. The van der Waals surface area contributed by atoms with Gasteiger partial charge in [-0.2, -0.15) is 12.6 Å². The Kier molecular flexibility index (Phi) is 4.42. The van der Waals surface area contributed by atoms with Gasteiger partial charge in [0.25, 0.3) is 0 Å². The van der Waals surface area contributed by atoms with Gasteiger partial charge in [-0.05, 0) is 32.4 Å². The van der Waals surface area contributed by atoms with Gasteiger partial charge in [0, 0.05) is 24.7 Å². The number of hydrogen-bond acceptors (Lipinski definition) is 6. The first-order chi connectivity index (χ1) is 11.3. The SMILES string of the molecule is CC(C)(C)OC(=O)N1Cc2cnc(N3CC(CS)CC3=O)nc2C1. The van der Waals surface area contributed by atoms with E-state index >= 15 is 0 Å². The highest BCUT2D eigenvalue weighted by Crippen LogP contribution is 2.27. The van der Waals surface area contributed by atoms with E-state index in [-0.39, 0.29) is 17.9 Å². The molecule has 1 aromatic heterocycles. The summed E-state index contributed by atoms with van der Waals surface area (Å²) in [5, 5.41) is 0. The highest BCUT2D eigenvalue weighted by molar-refractivity contribution is 7.80. The molecule has 0 radical (unpaired) electrons. The summed E-state index contributed by atoms with van der Waals surface area (Å²) in [5.74, 6) is 1.33. The van der Waals surface area contributed by atoms with E-state index in [2.05, 4.69) is 22.6 Å². The van der Waals surface area contributed by atoms with Crippen molar-refractivity contribution in [3.8, 4) is 0 Å². The molecular weight excluding hydrogens is 328 g/mol. The maximum atomic E-state index is 12.2. The Labute approximate surface area is 146 Å². The van der Waals surface area contributed by atoms with Crippen LogP contribution in [0.4, 0.5) is 10.7 Å². The van der Waals surface area contributed by atoms with E-state index in [1.165, 1.54) is 0 Å². The van der Waals surface area contributed by atoms with Crippen LogP contribution in [-0.4, -0.2) is 44.8 Å². The summed E-state index contributed by atoms with van der Waals surface area (Å²) in [6.45, 7) is 6.90. The van der Waals surface area contributed by atoms with Gasteiger partial charge in [0.15, 0.2) is 0 Å². The van der Waals surface area contributed by atoms with Crippen molar-refractivity contribution in [2.24, 2.45) is 5.92 Å². The predicted molar refractivity (Wildman–Crippen MR) is 91.8 cm³/mol. The molecule has 2 aliphatic heterocycles. The Morgan fingerprint density at radius 2 is 2.17 bits per heavy atom. The van der Waals surface area contributed by atoms with Crippen LogP contribution >= 0.6 is 12.6 Å². The number of rotatable bonds is 2. The second kappa shape index (κ2) is 6.23. The summed E-state index contributed by atoms with van der Waals surface area (Å²) < 4.78 is 5.39. The third-order valence-corrected chi connectivity index (χ3v) is 4.52. The molecule has 1 fully saturated rings. The maximum absolute atomic E-state index is 12.2. The first-order valence-electron chi connectivity index (χ1n) is 8.01. The highest BCUT2D eigenvalue weighted by atomic mass is 32.1. The lowest BCUT2D eigenvalue weighted by atomic mass is 10.1. The minimum atomic E-state index is -0.535. The van der Waals surface area contributed by atoms with Gasteiger partial charge in [-0.15, -0.1) is 0 Å². The molecule has 24 heavy (non-hydrogen) atoms. The van der Waals surface area contributed by atoms with E-state index in [0.29, 0.717) is 37.8 Å². The number of amides is 2. The number of carbonyl (C=O) groups excluding carboxylic acids is 2. The van der Waals surface area contributed by atoms with Crippen molar-refractivity contribution in [1.29, 1.82) is 0 Å². The van der Waals surface area contributed by atoms with Gasteiger partial charge in [-0.3, -0.25) is 14.6 Å². The summed E-state index contributed by atoms with van der Waals surface area (Å²) in [4.78, 5) is 36.3. The molecular formula is C16H22N4O3S. The van der Waals surface area contributed by atoms with Crippen LogP contribution < -0.4 is 4.90 Å². The summed E-state index contributed by atoms with van der Waals surface area (Å²) in [5.41, 5.74) is 1.13. The van der Waals surface area contributed by atoms with Crippen LogP contribution in [-0.2, 0) is 22.6 Å². The van der Waals surface area contributed by atoms with E-state index in [4.69, 9.17) is 4.74 Å². The Morgan fingerprint density at radius 1 is 1.42 bits per heavy atom. The molecule has 1 unspecified atom stereocenters. The normalized spacial score (nSPS) is 20.5. The van der Waals surface area contributed by atoms with E-state index in [0.717, 1.165) is 11.3 Å². The number of aromatic nitrogens is 2. The number of anilines is 1. The Balaban J connectivity index is 1.73. The van der Waals surface area contributed by atoms with Gasteiger partial charge >= 0.3 is 6.09 Å². The second-order valence-corrected chi connectivity index (χ2v) is 7.60. The van der Waals surface area contributed by atoms with Crippen LogP contribution in [0.1, 0.15) is 38.4 Å². The van der Waals surface area contributed by atoms with Crippen LogP contribution in [0, 0.1) is 5.92 Å². The van der Waals surface area contributed by atoms with Crippen LogP contribution in [0.25, 0.3) is 0 Å². The molecule has 1 atom stereocenters. The standard InChI is InChI=1S/C16H22N4O3S/c1-16(2,3)23-15(22)19-7-11-5-17-14(18-12(11)8-19)20-6-10(9-24)4-13(20)21/h5,10,24H,4,6-9H2,1-3H3. The van der Waals surface area contributed by atoms with E-state index < -0.39 is 5.60 Å². The molecule has 0 bridgehead atoms. The molecule has 8 heteroatoms. The lowest BCUT2D eigenvalue weighted by Crippen LogP contribution is -2.33. The zero-order valence-electron chi connectivity index (χ0n) is 14.2. The fraction of sp³-hybridized carbons (Fsp3) is 0.625. The smallest absolute Gasteiger partial charge is 0.410 e. The molecule has 1 saturated heterocycles. The third-order valence-electron chi connectivity index (χ3n) is 4.00. The average Bonchev–Trinajstić information content (AvgIpc) is 3.07. The van der Waals surface area contributed by atoms with Crippen molar-refractivity contribution in [3.05, 3.63) is 17.5 Å². The molecule has 0 N–H and O–H groups in total. The molecule has 1 aromatic rings. The van der Waals surface area contributed by atoms with Gasteiger partial charge in [0.05, 0.1) is 18.8 Å². The number of nitrogens with zero attached hydrogens (tertiary/aromatic N) is 4. The molecule has 130 valence electrons. The van der Waals surface area contributed by atoms with Crippen molar-refractivity contribution in [1.82, 2.24) is 14.9 Å². The molecule has 0 saturated carbocycles. The Bertz CT molecular complexity index is 674.